The number of rotatable bonds is 2. The van der Waals surface area contributed by atoms with Gasteiger partial charge in [-0.05, 0) is 0 Å². The maximum Gasteiger partial charge on any atom is 0.257 e. The Bertz CT molecular complexity index is 394. The van der Waals surface area contributed by atoms with Gasteiger partial charge in [0.25, 0.3) is 6.43 Å². The molecule has 0 fully saturated rings. The standard InChI is InChI=1S/C8H4F7N.ClH/c9-2-1(7(16)8(14)15)3(10)5(12)6(13)4(2)11;/h7-8H,16H2;1H/t7-;/m0./s1. The van der Waals surface area contributed by atoms with E-state index in [1.54, 1.807) is 0 Å². The molecule has 0 aliphatic heterocycles. The van der Waals surface area contributed by atoms with Gasteiger partial charge in [-0.15, -0.1) is 12.4 Å². The highest BCUT2D eigenvalue weighted by Gasteiger charge is 2.32. The molecule has 0 saturated carbocycles. The molecule has 1 atom stereocenters. The lowest BCUT2D eigenvalue weighted by Crippen LogP contribution is -2.24. The molecule has 0 aromatic heterocycles. The average molecular weight is 284 g/mol. The Morgan fingerprint density at radius 1 is 0.706 bits per heavy atom. The van der Waals surface area contributed by atoms with Crippen LogP contribution in [0, 0.1) is 29.1 Å². The molecule has 0 spiro atoms. The molecule has 1 aromatic rings. The highest BCUT2D eigenvalue weighted by Crippen LogP contribution is 2.29. The van der Waals surface area contributed by atoms with E-state index in [2.05, 4.69) is 5.73 Å². The normalized spacial score (nSPS) is 12.5. The van der Waals surface area contributed by atoms with Gasteiger partial charge in [0.05, 0.1) is 11.6 Å². The Balaban J connectivity index is 0.00000256. The first-order valence-corrected chi connectivity index (χ1v) is 3.84. The zero-order valence-corrected chi connectivity index (χ0v) is 8.60. The molecular formula is C8H5ClF7N. The molecule has 2 N–H and O–H groups in total. The fourth-order valence-electron chi connectivity index (χ4n) is 1.04. The van der Waals surface area contributed by atoms with Crippen molar-refractivity contribution in [3.63, 3.8) is 0 Å². The van der Waals surface area contributed by atoms with Crippen LogP contribution >= 0.6 is 12.4 Å². The average Bonchev–Trinajstić information content (AvgIpc) is 2.23. The van der Waals surface area contributed by atoms with Crippen molar-refractivity contribution in [3.8, 4) is 0 Å². The number of hydrogen-bond donors (Lipinski definition) is 1. The molecule has 0 saturated heterocycles. The Morgan fingerprint density at radius 2 is 1.00 bits per heavy atom. The van der Waals surface area contributed by atoms with Crippen molar-refractivity contribution >= 4 is 12.4 Å². The van der Waals surface area contributed by atoms with Crippen LogP contribution in [0.4, 0.5) is 30.7 Å². The van der Waals surface area contributed by atoms with Crippen molar-refractivity contribution in [2.75, 3.05) is 0 Å². The molecule has 1 rings (SSSR count). The molecule has 1 aromatic carbocycles. The van der Waals surface area contributed by atoms with Crippen molar-refractivity contribution in [1.29, 1.82) is 0 Å². The summed E-state index contributed by atoms with van der Waals surface area (Å²) in [5, 5.41) is 0. The molecule has 0 unspecified atom stereocenters. The quantitative estimate of drug-likeness (QED) is 0.504. The fourth-order valence-corrected chi connectivity index (χ4v) is 1.04. The van der Waals surface area contributed by atoms with Gasteiger partial charge in [-0.2, -0.15) is 0 Å². The van der Waals surface area contributed by atoms with Gasteiger partial charge in [-0.1, -0.05) is 0 Å². The summed E-state index contributed by atoms with van der Waals surface area (Å²) >= 11 is 0. The summed E-state index contributed by atoms with van der Waals surface area (Å²) in [6.45, 7) is 0. The third-order valence-corrected chi connectivity index (χ3v) is 1.85. The van der Waals surface area contributed by atoms with Gasteiger partial charge in [0.1, 0.15) is 0 Å². The second-order valence-corrected chi connectivity index (χ2v) is 2.84. The van der Waals surface area contributed by atoms with Crippen LogP contribution in [0.25, 0.3) is 0 Å². The second-order valence-electron chi connectivity index (χ2n) is 2.84. The van der Waals surface area contributed by atoms with Crippen LogP contribution in [0.3, 0.4) is 0 Å². The lowest BCUT2D eigenvalue weighted by molar-refractivity contribution is 0.112. The van der Waals surface area contributed by atoms with Crippen LogP contribution < -0.4 is 5.73 Å². The van der Waals surface area contributed by atoms with Gasteiger partial charge in [0.2, 0.25) is 5.82 Å². The van der Waals surface area contributed by atoms with Gasteiger partial charge in [-0.25, -0.2) is 30.7 Å². The number of halogens is 8. The first-order chi connectivity index (χ1) is 7.29. The van der Waals surface area contributed by atoms with Crippen LogP contribution in [-0.2, 0) is 0 Å². The first-order valence-electron chi connectivity index (χ1n) is 3.84. The zero-order valence-electron chi connectivity index (χ0n) is 7.79. The maximum absolute atomic E-state index is 12.9. The third-order valence-electron chi connectivity index (χ3n) is 1.85. The Kier molecular flexibility index (Phi) is 5.21. The molecule has 0 bridgehead atoms. The largest absolute Gasteiger partial charge is 0.319 e. The molecule has 0 amide bonds. The minimum absolute atomic E-state index is 0. The Hall–Kier alpha value is -1.02. The Morgan fingerprint density at radius 3 is 1.29 bits per heavy atom. The SMILES string of the molecule is Cl.N[C@@H](c1c(F)c(F)c(F)c(F)c1F)C(F)F. The van der Waals surface area contributed by atoms with E-state index < -0.39 is 47.1 Å². The topological polar surface area (TPSA) is 26.0 Å². The van der Waals surface area contributed by atoms with Crippen molar-refractivity contribution in [2.45, 2.75) is 12.5 Å². The predicted octanol–water partition coefficient (Wildman–Crippen LogP) is 3.07. The van der Waals surface area contributed by atoms with E-state index in [0.29, 0.717) is 0 Å². The van der Waals surface area contributed by atoms with Gasteiger partial charge in [-0.3, -0.25) is 0 Å². The van der Waals surface area contributed by atoms with E-state index in [9.17, 15) is 30.7 Å². The number of benzene rings is 1. The Labute approximate surface area is 96.8 Å². The third kappa shape index (κ3) is 2.63. The predicted molar refractivity (Wildman–Crippen MR) is 46.4 cm³/mol. The van der Waals surface area contributed by atoms with E-state index in [0.717, 1.165) is 0 Å². The molecule has 98 valence electrons. The van der Waals surface area contributed by atoms with Crippen LogP contribution in [0.15, 0.2) is 0 Å². The monoisotopic (exact) mass is 283 g/mol. The summed E-state index contributed by atoms with van der Waals surface area (Å²) in [6, 6.07) is -2.58. The van der Waals surface area contributed by atoms with Crippen molar-refractivity contribution in [2.24, 2.45) is 5.73 Å². The zero-order chi connectivity index (χ0) is 12.6. The van der Waals surface area contributed by atoms with Gasteiger partial charge < -0.3 is 5.73 Å². The van der Waals surface area contributed by atoms with Crippen LogP contribution in [0.1, 0.15) is 11.6 Å². The highest BCUT2D eigenvalue weighted by molar-refractivity contribution is 5.85. The van der Waals surface area contributed by atoms with Crippen LogP contribution in [-0.4, -0.2) is 6.43 Å². The number of nitrogens with two attached hydrogens (primary N) is 1. The van der Waals surface area contributed by atoms with Gasteiger partial charge in [0, 0.05) is 0 Å². The van der Waals surface area contributed by atoms with E-state index in [4.69, 9.17) is 0 Å². The summed E-state index contributed by atoms with van der Waals surface area (Å²) in [6.07, 6.45) is -3.45. The van der Waals surface area contributed by atoms with Crippen molar-refractivity contribution < 1.29 is 30.7 Å². The lowest BCUT2D eigenvalue weighted by atomic mass is 10.1. The van der Waals surface area contributed by atoms with E-state index >= 15 is 0 Å². The van der Waals surface area contributed by atoms with Crippen molar-refractivity contribution in [1.82, 2.24) is 0 Å². The maximum atomic E-state index is 12.9. The van der Waals surface area contributed by atoms with Crippen LogP contribution in [0.2, 0.25) is 0 Å². The molecule has 0 radical (unpaired) electrons. The fraction of sp³-hybridized carbons (Fsp3) is 0.250. The molecule has 0 heterocycles. The summed E-state index contributed by atoms with van der Waals surface area (Å²) < 4.78 is 87.5. The van der Waals surface area contributed by atoms with E-state index in [1.807, 2.05) is 0 Å². The second kappa shape index (κ2) is 5.54. The van der Waals surface area contributed by atoms with Gasteiger partial charge in [0.15, 0.2) is 23.3 Å². The number of hydrogen-bond acceptors (Lipinski definition) is 1. The molecule has 1 nitrogen and oxygen atoms in total. The highest BCUT2D eigenvalue weighted by atomic mass is 35.5. The first kappa shape index (κ1) is 16.0. The summed E-state index contributed by atoms with van der Waals surface area (Å²) in [5.74, 6) is -11.7. The van der Waals surface area contributed by atoms with Crippen LogP contribution in [0.5, 0.6) is 0 Å². The molecule has 0 aliphatic rings. The molecule has 9 heteroatoms. The van der Waals surface area contributed by atoms with Gasteiger partial charge >= 0.3 is 0 Å². The molecular weight excluding hydrogens is 279 g/mol. The van der Waals surface area contributed by atoms with E-state index in [1.165, 1.54) is 0 Å². The molecule has 0 aliphatic carbocycles. The summed E-state index contributed by atoms with van der Waals surface area (Å²) in [5.41, 5.74) is 2.93. The lowest BCUT2D eigenvalue weighted by Gasteiger charge is -2.14. The summed E-state index contributed by atoms with van der Waals surface area (Å²) in [7, 11) is 0. The minimum atomic E-state index is -3.45. The summed E-state index contributed by atoms with van der Waals surface area (Å²) in [4.78, 5) is 0. The molecule has 17 heavy (non-hydrogen) atoms. The van der Waals surface area contributed by atoms with Crippen molar-refractivity contribution in [3.05, 3.63) is 34.6 Å². The minimum Gasteiger partial charge on any atom is -0.319 e. The smallest absolute Gasteiger partial charge is 0.257 e. The van der Waals surface area contributed by atoms with E-state index in [-0.39, 0.29) is 12.4 Å². The number of alkyl halides is 2.